The fourth-order valence-corrected chi connectivity index (χ4v) is 5.31. The molecule has 0 saturated carbocycles. The summed E-state index contributed by atoms with van der Waals surface area (Å²) in [5.41, 5.74) is 0.999. The van der Waals surface area contributed by atoms with Crippen LogP contribution in [-0.4, -0.2) is 23.1 Å². The Morgan fingerprint density at radius 2 is 1.73 bits per heavy atom. The monoisotopic (exact) mass is 415 g/mol. The number of benzene rings is 1. The molecule has 2 rings (SSSR count). The van der Waals surface area contributed by atoms with E-state index in [1.54, 1.807) is 17.8 Å². The van der Waals surface area contributed by atoms with E-state index in [-0.39, 0.29) is 11.3 Å². The van der Waals surface area contributed by atoms with E-state index in [0.717, 1.165) is 30.7 Å². The molecule has 1 amide bonds. The number of rotatable bonds is 11. The minimum Gasteiger partial charge on any atom is -0.326 e. The van der Waals surface area contributed by atoms with Gasteiger partial charge in [0.15, 0.2) is 0 Å². The maximum atomic E-state index is 12.7. The number of nitrogens with zero attached hydrogens (tertiary/aromatic N) is 1. The molecule has 1 aliphatic rings. The van der Waals surface area contributed by atoms with Gasteiger partial charge >= 0.3 is 0 Å². The van der Waals surface area contributed by atoms with Gasteiger partial charge in [0, 0.05) is 34.3 Å². The molecule has 1 aromatic carbocycles. The van der Waals surface area contributed by atoms with E-state index in [0.29, 0.717) is 16.5 Å². The summed E-state index contributed by atoms with van der Waals surface area (Å²) in [6.45, 7) is 3.06. The minimum absolute atomic E-state index is 0.0332. The van der Waals surface area contributed by atoms with E-state index in [2.05, 4.69) is 6.92 Å². The van der Waals surface area contributed by atoms with Gasteiger partial charge in [0.2, 0.25) is 5.91 Å². The SMILES string of the molecule is CCCCCCCCCCCC(=O)N1CCSC1c1ccc(Cl)cc1Cl. The first-order valence-electron chi connectivity index (χ1n) is 9.99. The van der Waals surface area contributed by atoms with E-state index < -0.39 is 0 Å². The molecule has 1 fully saturated rings. The van der Waals surface area contributed by atoms with Crippen molar-refractivity contribution in [3.8, 4) is 0 Å². The molecule has 0 N–H and O–H groups in total. The number of thioether (sulfide) groups is 1. The van der Waals surface area contributed by atoms with E-state index in [1.807, 2.05) is 17.0 Å². The van der Waals surface area contributed by atoms with Crippen LogP contribution in [-0.2, 0) is 4.79 Å². The van der Waals surface area contributed by atoms with Crippen molar-refractivity contribution in [2.75, 3.05) is 12.3 Å². The lowest BCUT2D eigenvalue weighted by Crippen LogP contribution is -2.30. The average molecular weight is 416 g/mol. The maximum absolute atomic E-state index is 12.7. The molecule has 0 spiro atoms. The smallest absolute Gasteiger partial charge is 0.223 e. The predicted molar refractivity (Wildman–Crippen MR) is 115 cm³/mol. The van der Waals surface area contributed by atoms with Crippen molar-refractivity contribution < 1.29 is 4.79 Å². The maximum Gasteiger partial charge on any atom is 0.223 e. The van der Waals surface area contributed by atoms with Gasteiger partial charge in [-0.2, -0.15) is 0 Å². The molecule has 1 aromatic rings. The van der Waals surface area contributed by atoms with Gasteiger partial charge in [-0.05, 0) is 18.6 Å². The van der Waals surface area contributed by atoms with Crippen molar-refractivity contribution in [3.05, 3.63) is 33.8 Å². The van der Waals surface area contributed by atoms with Gasteiger partial charge in [-0.1, -0.05) is 87.6 Å². The van der Waals surface area contributed by atoms with Crippen LogP contribution in [0.4, 0.5) is 0 Å². The molecular weight excluding hydrogens is 385 g/mol. The summed E-state index contributed by atoms with van der Waals surface area (Å²) in [5.74, 6) is 1.22. The Balaban J connectivity index is 1.70. The van der Waals surface area contributed by atoms with Crippen LogP contribution in [0.1, 0.15) is 82.1 Å². The third kappa shape index (κ3) is 6.98. The van der Waals surface area contributed by atoms with Crippen LogP contribution in [0.15, 0.2) is 18.2 Å². The standard InChI is InChI=1S/C21H31Cl2NOS/c1-2-3-4-5-6-7-8-9-10-11-20(25)24-14-15-26-21(24)18-13-12-17(22)16-19(18)23/h12-13,16,21H,2-11,14-15H2,1H3. The third-order valence-electron chi connectivity index (χ3n) is 4.93. The lowest BCUT2D eigenvalue weighted by molar-refractivity contribution is -0.131. The molecule has 1 heterocycles. The van der Waals surface area contributed by atoms with Gasteiger partial charge in [0.05, 0.1) is 0 Å². The van der Waals surface area contributed by atoms with Crippen molar-refractivity contribution in [2.45, 2.75) is 76.5 Å². The zero-order valence-electron chi connectivity index (χ0n) is 15.8. The molecule has 0 bridgehead atoms. The van der Waals surface area contributed by atoms with Gasteiger partial charge in [-0.15, -0.1) is 11.8 Å². The molecule has 1 saturated heterocycles. The fraction of sp³-hybridized carbons (Fsp3) is 0.667. The highest BCUT2D eigenvalue weighted by atomic mass is 35.5. The van der Waals surface area contributed by atoms with Gasteiger partial charge in [0.25, 0.3) is 0 Å². The quantitative estimate of drug-likeness (QED) is 0.348. The largest absolute Gasteiger partial charge is 0.326 e. The highest BCUT2D eigenvalue weighted by Crippen LogP contribution is 2.41. The first-order valence-corrected chi connectivity index (χ1v) is 11.8. The molecule has 0 radical (unpaired) electrons. The topological polar surface area (TPSA) is 20.3 Å². The molecule has 5 heteroatoms. The molecule has 1 atom stereocenters. The second-order valence-electron chi connectivity index (χ2n) is 7.05. The van der Waals surface area contributed by atoms with Crippen LogP contribution in [0, 0.1) is 0 Å². The molecule has 26 heavy (non-hydrogen) atoms. The summed E-state index contributed by atoms with van der Waals surface area (Å²) in [5, 5.41) is 1.32. The molecule has 0 aliphatic carbocycles. The third-order valence-corrected chi connectivity index (χ3v) is 6.74. The molecule has 1 aliphatic heterocycles. The Morgan fingerprint density at radius 3 is 2.38 bits per heavy atom. The van der Waals surface area contributed by atoms with E-state index in [4.69, 9.17) is 23.2 Å². The van der Waals surface area contributed by atoms with Crippen LogP contribution in [0.5, 0.6) is 0 Å². The van der Waals surface area contributed by atoms with E-state index in [9.17, 15) is 4.79 Å². The number of amides is 1. The van der Waals surface area contributed by atoms with Crippen LogP contribution in [0.3, 0.4) is 0 Å². The highest BCUT2D eigenvalue weighted by Gasteiger charge is 2.31. The van der Waals surface area contributed by atoms with Crippen LogP contribution in [0.2, 0.25) is 10.0 Å². The molecule has 146 valence electrons. The zero-order valence-corrected chi connectivity index (χ0v) is 18.1. The summed E-state index contributed by atoms with van der Waals surface area (Å²) in [6, 6.07) is 5.57. The van der Waals surface area contributed by atoms with Crippen LogP contribution >= 0.6 is 35.0 Å². The van der Waals surface area contributed by atoms with Crippen LogP contribution < -0.4 is 0 Å². The second-order valence-corrected chi connectivity index (χ2v) is 9.09. The number of carbonyl (C=O) groups is 1. The van der Waals surface area contributed by atoms with Gasteiger partial charge < -0.3 is 4.90 Å². The molecule has 1 unspecified atom stereocenters. The first kappa shape index (κ1) is 21.9. The van der Waals surface area contributed by atoms with Gasteiger partial charge in [-0.3, -0.25) is 4.79 Å². The summed E-state index contributed by atoms with van der Waals surface area (Å²) in [7, 11) is 0. The van der Waals surface area contributed by atoms with Gasteiger partial charge in [-0.25, -0.2) is 0 Å². The lowest BCUT2D eigenvalue weighted by Gasteiger charge is -2.25. The normalized spacial score (nSPS) is 17.0. The summed E-state index contributed by atoms with van der Waals surface area (Å²) in [6.07, 6.45) is 12.1. The van der Waals surface area contributed by atoms with Crippen molar-refractivity contribution in [2.24, 2.45) is 0 Å². The van der Waals surface area contributed by atoms with Crippen molar-refractivity contribution in [1.82, 2.24) is 4.90 Å². The molecule has 0 aromatic heterocycles. The Bertz CT molecular complexity index is 567. The number of carbonyl (C=O) groups excluding carboxylic acids is 1. The number of halogens is 2. The highest BCUT2D eigenvalue weighted by molar-refractivity contribution is 7.99. The summed E-state index contributed by atoms with van der Waals surface area (Å²) < 4.78 is 0. The molecule has 2 nitrogen and oxygen atoms in total. The Morgan fingerprint density at radius 1 is 1.08 bits per heavy atom. The summed E-state index contributed by atoms with van der Waals surface area (Å²) in [4.78, 5) is 14.6. The fourth-order valence-electron chi connectivity index (χ4n) is 3.42. The number of hydrogen-bond donors (Lipinski definition) is 0. The Labute approximate surface area is 173 Å². The Kier molecular flexibility index (Phi) is 10.2. The number of unbranched alkanes of at least 4 members (excludes halogenated alkanes) is 8. The zero-order chi connectivity index (χ0) is 18.8. The number of hydrogen-bond acceptors (Lipinski definition) is 2. The summed E-state index contributed by atoms with van der Waals surface area (Å²) >= 11 is 14.1. The van der Waals surface area contributed by atoms with Crippen LogP contribution in [0.25, 0.3) is 0 Å². The predicted octanol–water partition coefficient (Wildman–Crippen LogP) is 7.49. The van der Waals surface area contributed by atoms with Crippen molar-refractivity contribution in [3.63, 3.8) is 0 Å². The Hall–Kier alpha value is -0.380. The minimum atomic E-state index is 0.0332. The average Bonchev–Trinajstić information content (AvgIpc) is 3.09. The van der Waals surface area contributed by atoms with E-state index in [1.165, 1.54) is 44.9 Å². The molecular formula is C21H31Cl2NOS. The first-order chi connectivity index (χ1) is 12.6. The van der Waals surface area contributed by atoms with E-state index >= 15 is 0 Å². The van der Waals surface area contributed by atoms with Crippen molar-refractivity contribution >= 4 is 40.9 Å². The lowest BCUT2D eigenvalue weighted by atomic mass is 10.1. The van der Waals surface area contributed by atoms with Crippen molar-refractivity contribution in [1.29, 1.82) is 0 Å². The van der Waals surface area contributed by atoms with Gasteiger partial charge in [0.1, 0.15) is 5.37 Å². The second kappa shape index (κ2) is 12.2.